The predicted octanol–water partition coefficient (Wildman–Crippen LogP) is 1.15. The number of hydrogen-bond donors (Lipinski definition) is 1. The Morgan fingerprint density at radius 3 is 2.31 bits per heavy atom. The second kappa shape index (κ2) is 4.33. The summed E-state index contributed by atoms with van der Waals surface area (Å²) in [6, 6.07) is 0. The van der Waals surface area contributed by atoms with Crippen molar-refractivity contribution in [1.29, 1.82) is 0 Å². The van der Waals surface area contributed by atoms with Gasteiger partial charge in [-0.25, -0.2) is 4.68 Å². The first-order chi connectivity index (χ1) is 7.34. The monoisotopic (exact) mass is 227 g/mol. The van der Waals surface area contributed by atoms with Crippen LogP contribution in [0, 0.1) is 0 Å². The second-order valence-corrected chi connectivity index (χ2v) is 4.80. The standard InChI is InChI=1S/C11H21N3O2/c1-6-13-8(7-16-5)9(12)10(15)14(13)11(2,3)4/h6-7,12H2,1-5H3. The van der Waals surface area contributed by atoms with Crippen LogP contribution in [0.3, 0.4) is 0 Å². The number of methoxy groups -OCH3 is 1. The summed E-state index contributed by atoms with van der Waals surface area (Å²) in [6.07, 6.45) is 0. The van der Waals surface area contributed by atoms with Crippen LogP contribution in [0.4, 0.5) is 5.69 Å². The quantitative estimate of drug-likeness (QED) is 0.842. The van der Waals surface area contributed by atoms with E-state index in [2.05, 4.69) is 0 Å². The van der Waals surface area contributed by atoms with Gasteiger partial charge in [0.15, 0.2) is 0 Å². The van der Waals surface area contributed by atoms with Gasteiger partial charge >= 0.3 is 0 Å². The van der Waals surface area contributed by atoms with E-state index < -0.39 is 0 Å². The first kappa shape index (κ1) is 12.8. The van der Waals surface area contributed by atoms with Crippen molar-refractivity contribution in [2.45, 2.75) is 46.4 Å². The molecule has 0 bridgehead atoms. The Balaban J connectivity index is 3.50. The van der Waals surface area contributed by atoms with Gasteiger partial charge in [-0.3, -0.25) is 9.48 Å². The van der Waals surface area contributed by atoms with Crippen LogP contribution in [0.15, 0.2) is 4.79 Å². The molecule has 5 nitrogen and oxygen atoms in total. The van der Waals surface area contributed by atoms with Crippen LogP contribution in [-0.2, 0) is 23.4 Å². The van der Waals surface area contributed by atoms with E-state index in [1.807, 2.05) is 32.4 Å². The molecule has 0 aliphatic rings. The van der Waals surface area contributed by atoms with Crippen LogP contribution in [0.5, 0.6) is 0 Å². The smallest absolute Gasteiger partial charge is 0.290 e. The molecule has 0 radical (unpaired) electrons. The third kappa shape index (κ3) is 2.00. The molecule has 16 heavy (non-hydrogen) atoms. The van der Waals surface area contributed by atoms with Gasteiger partial charge in [0.2, 0.25) is 0 Å². The molecule has 2 N–H and O–H groups in total. The minimum Gasteiger partial charge on any atom is -0.393 e. The summed E-state index contributed by atoms with van der Waals surface area (Å²) in [5.74, 6) is 0. The van der Waals surface area contributed by atoms with Crippen LogP contribution in [-0.4, -0.2) is 16.5 Å². The highest BCUT2D eigenvalue weighted by molar-refractivity contribution is 5.41. The number of nitrogen functional groups attached to an aromatic ring is 1. The highest BCUT2D eigenvalue weighted by Crippen LogP contribution is 2.17. The van der Waals surface area contributed by atoms with Crippen molar-refractivity contribution < 1.29 is 4.74 Å². The Morgan fingerprint density at radius 1 is 1.38 bits per heavy atom. The molecule has 0 fully saturated rings. The van der Waals surface area contributed by atoms with E-state index in [1.54, 1.807) is 11.8 Å². The van der Waals surface area contributed by atoms with Crippen molar-refractivity contribution >= 4 is 5.69 Å². The number of anilines is 1. The Labute approximate surface area is 95.8 Å². The number of ether oxygens (including phenoxy) is 1. The number of aromatic nitrogens is 2. The summed E-state index contributed by atoms with van der Waals surface area (Å²) in [7, 11) is 1.60. The number of nitrogens with zero attached hydrogens (tertiary/aromatic N) is 2. The molecular formula is C11H21N3O2. The molecule has 1 aromatic rings. The van der Waals surface area contributed by atoms with Gasteiger partial charge in [0.1, 0.15) is 5.69 Å². The first-order valence-corrected chi connectivity index (χ1v) is 5.44. The molecule has 0 spiro atoms. The first-order valence-electron chi connectivity index (χ1n) is 5.44. The lowest BCUT2D eigenvalue weighted by molar-refractivity contribution is 0.170. The SMILES string of the molecule is CCn1c(COC)c(N)c(=O)n1C(C)(C)C. The molecule has 92 valence electrons. The summed E-state index contributed by atoms with van der Waals surface area (Å²) in [6.45, 7) is 8.99. The normalized spacial score (nSPS) is 12.1. The van der Waals surface area contributed by atoms with Crippen molar-refractivity contribution in [1.82, 2.24) is 9.36 Å². The molecule has 0 saturated carbocycles. The Morgan fingerprint density at radius 2 is 1.94 bits per heavy atom. The zero-order valence-electron chi connectivity index (χ0n) is 10.7. The van der Waals surface area contributed by atoms with E-state index in [0.717, 1.165) is 5.69 Å². The molecule has 1 heterocycles. The second-order valence-electron chi connectivity index (χ2n) is 4.80. The van der Waals surface area contributed by atoms with Crippen LogP contribution < -0.4 is 11.3 Å². The largest absolute Gasteiger partial charge is 0.393 e. The van der Waals surface area contributed by atoms with Gasteiger partial charge in [0, 0.05) is 13.7 Å². The van der Waals surface area contributed by atoms with E-state index in [0.29, 0.717) is 18.8 Å². The summed E-state index contributed by atoms with van der Waals surface area (Å²) >= 11 is 0. The van der Waals surface area contributed by atoms with Crippen LogP contribution in [0.2, 0.25) is 0 Å². The molecule has 0 aliphatic heterocycles. The van der Waals surface area contributed by atoms with Gasteiger partial charge in [-0.15, -0.1) is 0 Å². The minimum atomic E-state index is -0.285. The molecule has 5 heteroatoms. The van der Waals surface area contributed by atoms with Gasteiger partial charge in [-0.05, 0) is 27.7 Å². The molecule has 0 aliphatic carbocycles. The lowest BCUT2D eigenvalue weighted by Gasteiger charge is -2.24. The molecular weight excluding hydrogens is 206 g/mol. The molecule has 0 aromatic carbocycles. The van der Waals surface area contributed by atoms with E-state index in [1.165, 1.54) is 0 Å². The third-order valence-corrected chi connectivity index (χ3v) is 2.50. The molecule has 1 aromatic heterocycles. The lowest BCUT2D eigenvalue weighted by atomic mass is 10.1. The maximum atomic E-state index is 12.1. The summed E-state index contributed by atoms with van der Waals surface area (Å²) in [4.78, 5) is 12.1. The van der Waals surface area contributed by atoms with Gasteiger partial charge in [-0.1, -0.05) is 0 Å². The van der Waals surface area contributed by atoms with Gasteiger partial charge < -0.3 is 10.5 Å². The van der Waals surface area contributed by atoms with Crippen LogP contribution in [0.1, 0.15) is 33.4 Å². The van der Waals surface area contributed by atoms with Crippen LogP contribution >= 0.6 is 0 Å². The minimum absolute atomic E-state index is 0.138. The predicted molar refractivity (Wildman–Crippen MR) is 64.5 cm³/mol. The Hall–Kier alpha value is -1.23. The van der Waals surface area contributed by atoms with Crippen molar-refractivity contribution in [3.8, 4) is 0 Å². The molecule has 0 amide bonds. The summed E-state index contributed by atoms with van der Waals surface area (Å²) in [5, 5.41) is 0. The average molecular weight is 227 g/mol. The maximum Gasteiger partial charge on any atom is 0.290 e. The van der Waals surface area contributed by atoms with Gasteiger partial charge in [0.05, 0.1) is 17.8 Å². The fraction of sp³-hybridized carbons (Fsp3) is 0.727. The highest BCUT2D eigenvalue weighted by atomic mass is 16.5. The average Bonchev–Trinajstić information content (AvgIpc) is 2.41. The number of rotatable bonds is 3. The van der Waals surface area contributed by atoms with Gasteiger partial charge in [-0.2, -0.15) is 0 Å². The summed E-state index contributed by atoms with van der Waals surface area (Å²) in [5.41, 5.74) is 6.45. The summed E-state index contributed by atoms with van der Waals surface area (Å²) < 4.78 is 8.66. The maximum absolute atomic E-state index is 12.1. The molecule has 0 atom stereocenters. The zero-order chi connectivity index (χ0) is 12.5. The fourth-order valence-corrected chi connectivity index (χ4v) is 1.89. The van der Waals surface area contributed by atoms with Crippen molar-refractivity contribution in [2.75, 3.05) is 12.8 Å². The van der Waals surface area contributed by atoms with Crippen molar-refractivity contribution in [3.05, 3.63) is 16.0 Å². The number of hydrogen-bond acceptors (Lipinski definition) is 3. The molecule has 0 saturated heterocycles. The Bertz CT molecular complexity index is 424. The molecule has 0 unspecified atom stereocenters. The zero-order valence-corrected chi connectivity index (χ0v) is 10.7. The number of nitrogens with two attached hydrogens (primary N) is 1. The highest BCUT2D eigenvalue weighted by Gasteiger charge is 2.24. The third-order valence-electron chi connectivity index (χ3n) is 2.50. The van der Waals surface area contributed by atoms with Crippen molar-refractivity contribution in [3.63, 3.8) is 0 Å². The Kier molecular flexibility index (Phi) is 3.48. The topological polar surface area (TPSA) is 62.2 Å². The van der Waals surface area contributed by atoms with Crippen LogP contribution in [0.25, 0.3) is 0 Å². The van der Waals surface area contributed by atoms with Gasteiger partial charge in [0.25, 0.3) is 5.56 Å². The fourth-order valence-electron chi connectivity index (χ4n) is 1.89. The molecule has 1 rings (SSSR count). The van der Waals surface area contributed by atoms with E-state index in [9.17, 15) is 4.79 Å². The van der Waals surface area contributed by atoms with E-state index in [4.69, 9.17) is 10.5 Å². The lowest BCUT2D eigenvalue weighted by Crippen LogP contribution is -2.37. The van der Waals surface area contributed by atoms with E-state index >= 15 is 0 Å². The van der Waals surface area contributed by atoms with E-state index in [-0.39, 0.29) is 11.1 Å². The van der Waals surface area contributed by atoms with Crippen molar-refractivity contribution in [2.24, 2.45) is 0 Å².